The molecule has 1 aromatic carbocycles. The molecular formula is C27H39N7O2. The Bertz CT molecular complexity index is 1150. The van der Waals surface area contributed by atoms with Crippen LogP contribution in [-0.2, 0) is 11.2 Å². The van der Waals surface area contributed by atoms with E-state index in [-0.39, 0.29) is 17.9 Å². The molecule has 0 aliphatic carbocycles. The van der Waals surface area contributed by atoms with E-state index in [4.69, 9.17) is 9.72 Å². The molecule has 3 aromatic rings. The molecule has 1 unspecified atom stereocenters. The van der Waals surface area contributed by atoms with Crippen molar-refractivity contribution < 1.29 is 9.53 Å². The molecule has 0 bridgehead atoms. The van der Waals surface area contributed by atoms with Crippen molar-refractivity contribution in [2.75, 3.05) is 50.1 Å². The van der Waals surface area contributed by atoms with Crippen LogP contribution in [0.2, 0.25) is 0 Å². The molecule has 1 fully saturated rings. The predicted molar refractivity (Wildman–Crippen MR) is 144 cm³/mol. The number of ether oxygens (including phenoxy) is 1. The summed E-state index contributed by atoms with van der Waals surface area (Å²) in [5, 5.41) is 3.47. The lowest BCUT2D eigenvalue weighted by molar-refractivity contribution is -0.135. The van der Waals surface area contributed by atoms with Crippen LogP contribution in [-0.4, -0.2) is 70.2 Å². The number of aromatic nitrogens is 4. The van der Waals surface area contributed by atoms with Gasteiger partial charge in [-0.1, -0.05) is 12.1 Å². The lowest BCUT2D eigenvalue weighted by Crippen LogP contribution is -2.45. The third-order valence-electron chi connectivity index (χ3n) is 6.97. The molecule has 194 valence electrons. The number of piperidine rings is 1. The molecule has 9 heteroatoms. The number of fused-ring (bicyclic) bond motifs is 1. The molecule has 36 heavy (non-hydrogen) atoms. The molecule has 0 saturated carbocycles. The first-order valence-corrected chi connectivity index (χ1v) is 13.1. The van der Waals surface area contributed by atoms with E-state index in [1.807, 2.05) is 30.9 Å². The Morgan fingerprint density at radius 3 is 2.61 bits per heavy atom. The molecule has 1 aliphatic rings. The molecule has 9 nitrogen and oxygen atoms in total. The average Bonchev–Trinajstić information content (AvgIpc) is 3.31. The van der Waals surface area contributed by atoms with E-state index in [0.717, 1.165) is 74.1 Å². The number of nitrogens with one attached hydrogen (secondary N) is 1. The number of anilines is 2. The number of amides is 1. The normalized spacial score (nSPS) is 15.9. The number of benzene rings is 1. The second-order valence-electron chi connectivity index (χ2n) is 9.59. The maximum absolute atomic E-state index is 13.1. The first kappa shape index (κ1) is 25.7. The van der Waals surface area contributed by atoms with Crippen molar-refractivity contribution in [3.63, 3.8) is 0 Å². The summed E-state index contributed by atoms with van der Waals surface area (Å²) in [7, 11) is 1.68. The van der Waals surface area contributed by atoms with Gasteiger partial charge < -0.3 is 19.9 Å². The Hall–Kier alpha value is -3.36. The molecule has 4 rings (SSSR count). The fraction of sp³-hybridized carbons (Fsp3) is 0.556. The fourth-order valence-corrected chi connectivity index (χ4v) is 5.00. The van der Waals surface area contributed by atoms with Crippen LogP contribution in [0.5, 0.6) is 5.75 Å². The predicted octanol–water partition coefficient (Wildman–Crippen LogP) is 4.16. The standard InChI is InChI=1S/C27H39N7O2/c1-6-32(7-2)26(35)21-9-8-16-33(17-21)27-31-23-24(29-18-30-25(23)34(27)19(3)4)28-15-14-20-10-12-22(36-5)13-11-20/h10-13,18-19,21H,6-9,14-17H2,1-5H3,(H,28,29,30). The van der Waals surface area contributed by atoms with Crippen molar-refractivity contribution in [2.45, 2.75) is 53.0 Å². The number of carbonyl (C=O) groups excluding carboxylic acids is 1. The lowest BCUT2D eigenvalue weighted by Gasteiger charge is -2.35. The van der Waals surface area contributed by atoms with E-state index in [1.54, 1.807) is 13.4 Å². The van der Waals surface area contributed by atoms with Crippen LogP contribution in [0.25, 0.3) is 11.2 Å². The van der Waals surface area contributed by atoms with Crippen LogP contribution in [0.3, 0.4) is 0 Å². The third-order valence-corrected chi connectivity index (χ3v) is 6.97. The molecule has 2 aromatic heterocycles. The molecule has 3 heterocycles. The van der Waals surface area contributed by atoms with Gasteiger partial charge in [0.1, 0.15) is 12.1 Å². The number of imidazole rings is 1. The summed E-state index contributed by atoms with van der Waals surface area (Å²) in [6, 6.07) is 8.28. The van der Waals surface area contributed by atoms with Crippen molar-refractivity contribution in [2.24, 2.45) is 5.92 Å². The van der Waals surface area contributed by atoms with Gasteiger partial charge in [-0.05, 0) is 64.7 Å². The van der Waals surface area contributed by atoms with E-state index in [9.17, 15) is 4.79 Å². The van der Waals surface area contributed by atoms with Crippen LogP contribution < -0.4 is 15.0 Å². The highest BCUT2D eigenvalue weighted by Crippen LogP contribution is 2.31. The van der Waals surface area contributed by atoms with E-state index in [2.05, 4.69) is 50.7 Å². The van der Waals surface area contributed by atoms with Gasteiger partial charge in [0.25, 0.3) is 0 Å². The fourth-order valence-electron chi connectivity index (χ4n) is 5.00. The van der Waals surface area contributed by atoms with Gasteiger partial charge in [0, 0.05) is 38.8 Å². The van der Waals surface area contributed by atoms with Crippen LogP contribution >= 0.6 is 0 Å². The van der Waals surface area contributed by atoms with Crippen molar-refractivity contribution in [1.29, 1.82) is 0 Å². The van der Waals surface area contributed by atoms with Crippen molar-refractivity contribution >= 4 is 28.8 Å². The molecule has 1 saturated heterocycles. The topological polar surface area (TPSA) is 88.4 Å². The minimum Gasteiger partial charge on any atom is -0.497 e. The Morgan fingerprint density at radius 2 is 1.94 bits per heavy atom. The van der Waals surface area contributed by atoms with Gasteiger partial charge in [-0.3, -0.25) is 9.36 Å². The summed E-state index contributed by atoms with van der Waals surface area (Å²) in [6.45, 7) is 12.2. The lowest BCUT2D eigenvalue weighted by atomic mass is 9.96. The van der Waals surface area contributed by atoms with Gasteiger partial charge in [-0.2, -0.15) is 0 Å². The van der Waals surface area contributed by atoms with Crippen LogP contribution in [0, 0.1) is 5.92 Å². The minimum absolute atomic E-state index is 0.00718. The second-order valence-corrected chi connectivity index (χ2v) is 9.59. The summed E-state index contributed by atoms with van der Waals surface area (Å²) in [4.78, 5) is 31.5. The Morgan fingerprint density at radius 1 is 1.19 bits per heavy atom. The molecule has 0 radical (unpaired) electrons. The summed E-state index contributed by atoms with van der Waals surface area (Å²) >= 11 is 0. The Labute approximate surface area is 213 Å². The number of nitrogens with zero attached hydrogens (tertiary/aromatic N) is 6. The average molecular weight is 494 g/mol. The van der Waals surface area contributed by atoms with Crippen molar-refractivity contribution in [1.82, 2.24) is 24.4 Å². The highest BCUT2D eigenvalue weighted by atomic mass is 16.5. The molecule has 0 spiro atoms. The minimum atomic E-state index is -0.00718. The summed E-state index contributed by atoms with van der Waals surface area (Å²) in [5.74, 6) is 2.71. The SMILES string of the molecule is CCN(CC)C(=O)C1CCCN(c2nc3c(NCCc4ccc(OC)cc4)ncnc3n2C(C)C)C1. The van der Waals surface area contributed by atoms with Gasteiger partial charge in [-0.25, -0.2) is 15.0 Å². The number of methoxy groups -OCH3 is 1. The molecular weight excluding hydrogens is 454 g/mol. The van der Waals surface area contributed by atoms with E-state index in [1.165, 1.54) is 5.56 Å². The Balaban J connectivity index is 1.56. The molecule has 1 N–H and O–H groups in total. The number of carbonyl (C=O) groups is 1. The number of rotatable bonds is 10. The third kappa shape index (κ3) is 5.39. The molecule has 1 aliphatic heterocycles. The zero-order valence-electron chi connectivity index (χ0n) is 22.2. The van der Waals surface area contributed by atoms with Crippen molar-refractivity contribution in [3.05, 3.63) is 36.2 Å². The van der Waals surface area contributed by atoms with Gasteiger partial charge in [0.05, 0.1) is 13.0 Å². The van der Waals surface area contributed by atoms with Gasteiger partial charge in [-0.15, -0.1) is 0 Å². The second kappa shape index (κ2) is 11.6. The Kier molecular flexibility index (Phi) is 8.28. The van der Waals surface area contributed by atoms with E-state index in [0.29, 0.717) is 6.54 Å². The van der Waals surface area contributed by atoms with Gasteiger partial charge in [0.2, 0.25) is 11.9 Å². The first-order valence-electron chi connectivity index (χ1n) is 13.1. The van der Waals surface area contributed by atoms with Crippen LogP contribution in [0.4, 0.5) is 11.8 Å². The highest BCUT2D eigenvalue weighted by molar-refractivity contribution is 5.86. The maximum Gasteiger partial charge on any atom is 0.227 e. The summed E-state index contributed by atoms with van der Waals surface area (Å²) < 4.78 is 7.42. The smallest absolute Gasteiger partial charge is 0.227 e. The van der Waals surface area contributed by atoms with Gasteiger partial charge >= 0.3 is 0 Å². The zero-order valence-corrected chi connectivity index (χ0v) is 22.2. The monoisotopic (exact) mass is 493 g/mol. The number of hydrogen-bond donors (Lipinski definition) is 1. The zero-order chi connectivity index (χ0) is 25.7. The van der Waals surface area contributed by atoms with E-state index < -0.39 is 0 Å². The highest BCUT2D eigenvalue weighted by Gasteiger charge is 2.31. The molecule has 1 atom stereocenters. The quantitative estimate of drug-likeness (QED) is 0.454. The first-order chi connectivity index (χ1) is 17.5. The summed E-state index contributed by atoms with van der Waals surface area (Å²) in [5.41, 5.74) is 2.81. The number of hydrogen-bond acceptors (Lipinski definition) is 7. The maximum atomic E-state index is 13.1. The van der Waals surface area contributed by atoms with Gasteiger partial charge in [0.15, 0.2) is 17.0 Å². The van der Waals surface area contributed by atoms with E-state index >= 15 is 0 Å². The van der Waals surface area contributed by atoms with Crippen LogP contribution in [0.15, 0.2) is 30.6 Å². The molecule has 1 amide bonds. The van der Waals surface area contributed by atoms with Crippen molar-refractivity contribution in [3.8, 4) is 5.75 Å². The summed E-state index contributed by atoms with van der Waals surface area (Å²) in [6.07, 6.45) is 4.35. The van der Waals surface area contributed by atoms with Crippen LogP contribution in [0.1, 0.15) is 52.1 Å². The largest absolute Gasteiger partial charge is 0.497 e.